The third kappa shape index (κ3) is 3.26. The van der Waals surface area contributed by atoms with E-state index in [-0.39, 0.29) is 16.6 Å². The van der Waals surface area contributed by atoms with Gasteiger partial charge in [0.1, 0.15) is 0 Å². The van der Waals surface area contributed by atoms with Crippen molar-refractivity contribution in [1.82, 2.24) is 9.80 Å². The van der Waals surface area contributed by atoms with Gasteiger partial charge in [-0.1, -0.05) is 11.6 Å². The van der Waals surface area contributed by atoms with Gasteiger partial charge in [0.15, 0.2) is 0 Å². The van der Waals surface area contributed by atoms with Crippen LogP contribution in [0.2, 0.25) is 5.02 Å². The van der Waals surface area contributed by atoms with Gasteiger partial charge in [-0.3, -0.25) is 14.9 Å². The lowest BCUT2D eigenvalue weighted by Crippen LogP contribution is -2.34. The average Bonchev–Trinajstić information content (AvgIpc) is 2.62. The molecule has 1 aromatic rings. The summed E-state index contributed by atoms with van der Waals surface area (Å²) in [5.41, 5.74) is 0.212. The SMILES string of the molecule is CN1CCCN(C(=O)c2ccc([N+](=O)[O-])cc2Cl)CC1. The first-order valence-corrected chi connectivity index (χ1v) is 6.78. The quantitative estimate of drug-likeness (QED) is 0.619. The summed E-state index contributed by atoms with van der Waals surface area (Å²) < 4.78 is 0. The standard InChI is InChI=1S/C13H16ClN3O3/c1-15-5-2-6-16(8-7-15)13(18)11-4-3-10(17(19)20)9-12(11)14/h3-4,9H,2,5-8H2,1H3. The number of nitro groups is 1. The Bertz CT molecular complexity index is 536. The lowest BCUT2D eigenvalue weighted by Gasteiger charge is -2.21. The zero-order valence-corrected chi connectivity index (χ0v) is 12.0. The summed E-state index contributed by atoms with van der Waals surface area (Å²) in [6.07, 6.45) is 0.910. The molecular weight excluding hydrogens is 282 g/mol. The number of benzene rings is 1. The molecule has 1 aliphatic rings. The van der Waals surface area contributed by atoms with Crippen molar-refractivity contribution in [2.45, 2.75) is 6.42 Å². The zero-order chi connectivity index (χ0) is 14.7. The van der Waals surface area contributed by atoms with Gasteiger partial charge in [0, 0.05) is 31.8 Å². The monoisotopic (exact) mass is 297 g/mol. The Morgan fingerprint density at radius 3 is 2.70 bits per heavy atom. The molecule has 0 atom stereocenters. The van der Waals surface area contributed by atoms with Gasteiger partial charge in [-0.25, -0.2) is 0 Å². The van der Waals surface area contributed by atoms with Gasteiger partial charge >= 0.3 is 0 Å². The smallest absolute Gasteiger partial charge is 0.270 e. The molecule has 1 saturated heterocycles. The van der Waals surface area contributed by atoms with Crippen LogP contribution in [0.4, 0.5) is 5.69 Å². The van der Waals surface area contributed by atoms with Crippen molar-refractivity contribution in [2.75, 3.05) is 33.2 Å². The lowest BCUT2D eigenvalue weighted by atomic mass is 10.1. The van der Waals surface area contributed by atoms with Crippen LogP contribution in [0, 0.1) is 10.1 Å². The largest absolute Gasteiger partial charge is 0.337 e. The first-order chi connectivity index (χ1) is 9.49. The Kier molecular flexibility index (Phi) is 4.57. The molecule has 1 fully saturated rings. The predicted octanol–water partition coefficient (Wildman–Crippen LogP) is 2.03. The molecule has 108 valence electrons. The minimum absolute atomic E-state index is 0.109. The second kappa shape index (κ2) is 6.19. The van der Waals surface area contributed by atoms with E-state index in [9.17, 15) is 14.9 Å². The highest BCUT2D eigenvalue weighted by Gasteiger charge is 2.22. The summed E-state index contributed by atoms with van der Waals surface area (Å²) in [4.78, 5) is 26.5. The molecular formula is C13H16ClN3O3. The molecule has 1 amide bonds. The highest BCUT2D eigenvalue weighted by atomic mass is 35.5. The molecule has 1 aliphatic heterocycles. The van der Waals surface area contributed by atoms with Crippen LogP contribution >= 0.6 is 11.6 Å². The fourth-order valence-corrected chi connectivity index (χ4v) is 2.47. The highest BCUT2D eigenvalue weighted by molar-refractivity contribution is 6.34. The van der Waals surface area contributed by atoms with Crippen molar-refractivity contribution < 1.29 is 9.72 Å². The topological polar surface area (TPSA) is 66.7 Å². The van der Waals surface area contributed by atoms with Crippen molar-refractivity contribution >= 4 is 23.2 Å². The number of nitrogens with zero attached hydrogens (tertiary/aromatic N) is 3. The Balaban J connectivity index is 2.18. The van der Waals surface area contributed by atoms with Crippen molar-refractivity contribution in [3.05, 3.63) is 38.9 Å². The van der Waals surface area contributed by atoms with Crippen molar-refractivity contribution in [1.29, 1.82) is 0 Å². The minimum Gasteiger partial charge on any atom is -0.337 e. The third-order valence-electron chi connectivity index (χ3n) is 3.40. The normalized spacial score (nSPS) is 16.8. The van der Waals surface area contributed by atoms with Crippen molar-refractivity contribution in [3.8, 4) is 0 Å². The molecule has 0 aliphatic carbocycles. The lowest BCUT2D eigenvalue weighted by molar-refractivity contribution is -0.384. The second-order valence-electron chi connectivity index (χ2n) is 4.87. The van der Waals surface area contributed by atoms with Gasteiger partial charge in [0.05, 0.1) is 15.5 Å². The van der Waals surface area contributed by atoms with E-state index in [0.29, 0.717) is 18.7 Å². The predicted molar refractivity (Wildman–Crippen MR) is 76.1 cm³/mol. The zero-order valence-electron chi connectivity index (χ0n) is 11.2. The van der Waals surface area contributed by atoms with E-state index in [1.165, 1.54) is 18.2 Å². The molecule has 2 rings (SSSR count). The van der Waals surface area contributed by atoms with E-state index in [2.05, 4.69) is 4.90 Å². The third-order valence-corrected chi connectivity index (χ3v) is 3.71. The van der Waals surface area contributed by atoms with E-state index in [1.807, 2.05) is 7.05 Å². The van der Waals surface area contributed by atoms with Gasteiger partial charge in [-0.05, 0) is 26.1 Å². The number of hydrogen-bond donors (Lipinski definition) is 0. The maximum absolute atomic E-state index is 12.4. The Morgan fingerprint density at radius 1 is 1.30 bits per heavy atom. The molecule has 6 nitrogen and oxygen atoms in total. The summed E-state index contributed by atoms with van der Waals surface area (Å²) in [6.45, 7) is 3.09. The molecule has 1 aromatic carbocycles. The van der Waals surface area contributed by atoms with Gasteiger partial charge in [0.2, 0.25) is 0 Å². The van der Waals surface area contributed by atoms with Crippen LogP contribution in [0.1, 0.15) is 16.8 Å². The Morgan fingerprint density at radius 2 is 2.05 bits per heavy atom. The summed E-state index contributed by atoms with van der Waals surface area (Å²) in [7, 11) is 2.02. The van der Waals surface area contributed by atoms with Gasteiger partial charge in [0.25, 0.3) is 11.6 Å². The fourth-order valence-electron chi connectivity index (χ4n) is 2.21. The number of amides is 1. The van der Waals surface area contributed by atoms with Crippen LogP contribution in [0.15, 0.2) is 18.2 Å². The second-order valence-corrected chi connectivity index (χ2v) is 5.28. The number of halogens is 1. The van der Waals surface area contributed by atoms with E-state index < -0.39 is 4.92 Å². The number of non-ortho nitro benzene ring substituents is 1. The van der Waals surface area contributed by atoms with Crippen molar-refractivity contribution in [2.24, 2.45) is 0 Å². The van der Waals surface area contributed by atoms with Gasteiger partial charge in [-0.15, -0.1) is 0 Å². The Labute approximate surface area is 122 Å². The molecule has 7 heteroatoms. The minimum atomic E-state index is -0.527. The number of nitro benzene ring substituents is 1. The fraction of sp³-hybridized carbons (Fsp3) is 0.462. The summed E-state index contributed by atoms with van der Waals surface area (Å²) >= 11 is 5.99. The highest BCUT2D eigenvalue weighted by Crippen LogP contribution is 2.24. The molecule has 1 heterocycles. The van der Waals surface area contributed by atoms with Crippen LogP contribution in [0.3, 0.4) is 0 Å². The molecule has 0 saturated carbocycles. The molecule has 20 heavy (non-hydrogen) atoms. The van der Waals surface area contributed by atoms with E-state index in [0.717, 1.165) is 19.5 Å². The number of hydrogen-bond acceptors (Lipinski definition) is 4. The molecule has 0 N–H and O–H groups in total. The molecule has 0 unspecified atom stereocenters. The molecule has 0 spiro atoms. The van der Waals surface area contributed by atoms with E-state index in [4.69, 9.17) is 11.6 Å². The maximum Gasteiger partial charge on any atom is 0.270 e. The number of likely N-dealkylation sites (N-methyl/N-ethyl adjacent to an activating group) is 1. The van der Waals surface area contributed by atoms with Gasteiger partial charge < -0.3 is 9.80 Å². The van der Waals surface area contributed by atoms with Crippen LogP contribution in [-0.4, -0.2) is 53.9 Å². The molecule has 0 radical (unpaired) electrons. The first-order valence-electron chi connectivity index (χ1n) is 6.41. The Hall–Kier alpha value is -1.66. The average molecular weight is 298 g/mol. The number of rotatable bonds is 2. The van der Waals surface area contributed by atoms with Gasteiger partial charge in [-0.2, -0.15) is 0 Å². The molecule has 0 aromatic heterocycles. The summed E-state index contributed by atoms with van der Waals surface area (Å²) in [5.74, 6) is -0.166. The van der Waals surface area contributed by atoms with Crippen LogP contribution in [0.25, 0.3) is 0 Å². The van der Waals surface area contributed by atoms with E-state index >= 15 is 0 Å². The van der Waals surface area contributed by atoms with Crippen LogP contribution in [0.5, 0.6) is 0 Å². The summed E-state index contributed by atoms with van der Waals surface area (Å²) in [6, 6.07) is 3.96. The number of carbonyl (C=O) groups excluding carboxylic acids is 1. The first kappa shape index (κ1) is 14.7. The van der Waals surface area contributed by atoms with Crippen LogP contribution in [-0.2, 0) is 0 Å². The number of carbonyl (C=O) groups is 1. The summed E-state index contributed by atoms with van der Waals surface area (Å²) in [5, 5.41) is 10.8. The van der Waals surface area contributed by atoms with Crippen LogP contribution < -0.4 is 0 Å². The van der Waals surface area contributed by atoms with E-state index in [1.54, 1.807) is 4.90 Å². The maximum atomic E-state index is 12.4. The van der Waals surface area contributed by atoms with Crippen molar-refractivity contribution in [3.63, 3.8) is 0 Å². The molecule has 0 bridgehead atoms.